The Morgan fingerprint density at radius 2 is 1.50 bits per heavy atom. The van der Waals surface area contributed by atoms with Gasteiger partial charge in [-0.1, -0.05) is 20.8 Å². The number of hydrazine groups is 1. The van der Waals surface area contributed by atoms with E-state index in [-0.39, 0.29) is 5.54 Å². The topological polar surface area (TPSA) is 84.2 Å². The number of hydrogen-bond donors (Lipinski definition) is 3. The van der Waals surface area contributed by atoms with Crippen molar-refractivity contribution in [1.29, 1.82) is 0 Å². The normalized spacial score (nSPS) is 10.9. The highest BCUT2D eigenvalue weighted by atomic mass is 16.2. The lowest BCUT2D eigenvalue weighted by atomic mass is 9.90. The standard InChI is InChI=1S/C9H19N3O2/c1-4-9(5-2,6-3)11-7(13)8(14)12-10/h4-6,10H2,1-3H3,(H,11,13)(H,12,14). The van der Waals surface area contributed by atoms with Crippen molar-refractivity contribution in [2.45, 2.75) is 45.6 Å². The lowest BCUT2D eigenvalue weighted by Crippen LogP contribution is -2.53. The van der Waals surface area contributed by atoms with E-state index in [2.05, 4.69) is 5.32 Å². The molecule has 0 spiro atoms. The van der Waals surface area contributed by atoms with Gasteiger partial charge < -0.3 is 5.32 Å². The molecule has 0 aromatic heterocycles. The van der Waals surface area contributed by atoms with Crippen LogP contribution in [0.5, 0.6) is 0 Å². The molecule has 0 aliphatic heterocycles. The van der Waals surface area contributed by atoms with Gasteiger partial charge in [-0.3, -0.25) is 15.0 Å². The molecule has 82 valence electrons. The van der Waals surface area contributed by atoms with Crippen molar-refractivity contribution in [3.05, 3.63) is 0 Å². The highest BCUT2D eigenvalue weighted by Gasteiger charge is 2.28. The van der Waals surface area contributed by atoms with Crippen LogP contribution < -0.4 is 16.6 Å². The zero-order valence-electron chi connectivity index (χ0n) is 9.02. The molecule has 0 radical (unpaired) electrons. The van der Waals surface area contributed by atoms with E-state index in [1.165, 1.54) is 0 Å². The SMILES string of the molecule is CCC(CC)(CC)NC(=O)C(=O)NN. The molecular formula is C9H19N3O2. The fraction of sp³-hybridized carbons (Fsp3) is 0.778. The van der Waals surface area contributed by atoms with Crippen molar-refractivity contribution in [1.82, 2.24) is 10.7 Å². The van der Waals surface area contributed by atoms with Crippen LogP contribution >= 0.6 is 0 Å². The molecule has 0 unspecified atom stereocenters. The minimum absolute atomic E-state index is 0.288. The van der Waals surface area contributed by atoms with Gasteiger partial charge >= 0.3 is 11.8 Å². The highest BCUT2D eigenvalue weighted by Crippen LogP contribution is 2.18. The number of nitrogens with two attached hydrogens (primary N) is 1. The molecule has 14 heavy (non-hydrogen) atoms. The summed E-state index contributed by atoms with van der Waals surface area (Å²) in [5.41, 5.74) is 1.52. The van der Waals surface area contributed by atoms with Gasteiger partial charge in [-0.25, -0.2) is 5.84 Å². The summed E-state index contributed by atoms with van der Waals surface area (Å²) in [7, 11) is 0. The van der Waals surface area contributed by atoms with Crippen molar-refractivity contribution < 1.29 is 9.59 Å². The van der Waals surface area contributed by atoms with E-state index in [0.29, 0.717) is 0 Å². The van der Waals surface area contributed by atoms with Crippen LogP contribution in [-0.4, -0.2) is 17.4 Å². The largest absolute Gasteiger partial charge is 0.342 e. The van der Waals surface area contributed by atoms with Gasteiger partial charge in [-0.05, 0) is 19.3 Å². The smallest absolute Gasteiger partial charge is 0.323 e. The number of amides is 2. The zero-order chi connectivity index (χ0) is 11.2. The van der Waals surface area contributed by atoms with Crippen LogP contribution in [0.1, 0.15) is 40.0 Å². The second-order valence-electron chi connectivity index (χ2n) is 3.27. The van der Waals surface area contributed by atoms with Crippen molar-refractivity contribution in [3.8, 4) is 0 Å². The maximum absolute atomic E-state index is 11.3. The Morgan fingerprint density at radius 1 is 1.07 bits per heavy atom. The van der Waals surface area contributed by atoms with Crippen LogP contribution in [0.15, 0.2) is 0 Å². The Balaban J connectivity index is 4.44. The first kappa shape index (κ1) is 12.9. The minimum Gasteiger partial charge on any atom is -0.342 e. The molecule has 0 bridgehead atoms. The summed E-state index contributed by atoms with van der Waals surface area (Å²) in [4.78, 5) is 22.2. The average Bonchev–Trinajstić information content (AvgIpc) is 2.24. The third-order valence-corrected chi connectivity index (χ3v) is 2.75. The van der Waals surface area contributed by atoms with Crippen molar-refractivity contribution in [3.63, 3.8) is 0 Å². The van der Waals surface area contributed by atoms with Gasteiger partial charge in [0.05, 0.1) is 0 Å². The molecule has 0 aromatic rings. The second-order valence-corrected chi connectivity index (χ2v) is 3.27. The molecule has 0 aliphatic rings. The van der Waals surface area contributed by atoms with Gasteiger partial charge in [0.25, 0.3) is 0 Å². The Hall–Kier alpha value is -1.10. The maximum atomic E-state index is 11.3. The third kappa shape index (κ3) is 2.99. The Bertz CT molecular complexity index is 204. The Labute approximate surface area is 84.4 Å². The molecule has 0 saturated heterocycles. The molecule has 5 heteroatoms. The van der Waals surface area contributed by atoms with E-state index in [0.717, 1.165) is 19.3 Å². The lowest BCUT2D eigenvalue weighted by Gasteiger charge is -2.31. The Morgan fingerprint density at radius 3 is 1.79 bits per heavy atom. The summed E-state index contributed by atoms with van der Waals surface area (Å²) in [6.07, 6.45) is 2.39. The molecule has 0 aliphatic carbocycles. The van der Waals surface area contributed by atoms with E-state index in [1.54, 1.807) is 0 Å². The monoisotopic (exact) mass is 201 g/mol. The van der Waals surface area contributed by atoms with Crippen molar-refractivity contribution >= 4 is 11.8 Å². The van der Waals surface area contributed by atoms with Crippen LogP contribution in [0, 0.1) is 0 Å². The molecule has 0 atom stereocenters. The molecule has 4 N–H and O–H groups in total. The molecule has 0 heterocycles. The summed E-state index contributed by atoms with van der Waals surface area (Å²) >= 11 is 0. The van der Waals surface area contributed by atoms with E-state index < -0.39 is 11.8 Å². The van der Waals surface area contributed by atoms with E-state index >= 15 is 0 Å². The zero-order valence-corrected chi connectivity index (χ0v) is 9.02. The molecule has 0 saturated carbocycles. The number of hydrogen-bond acceptors (Lipinski definition) is 3. The van der Waals surface area contributed by atoms with Crippen LogP contribution in [0.25, 0.3) is 0 Å². The highest BCUT2D eigenvalue weighted by molar-refractivity contribution is 6.35. The van der Waals surface area contributed by atoms with E-state index in [4.69, 9.17) is 5.84 Å². The van der Waals surface area contributed by atoms with Gasteiger partial charge in [0, 0.05) is 5.54 Å². The van der Waals surface area contributed by atoms with Gasteiger partial charge in [0.15, 0.2) is 0 Å². The number of rotatable bonds is 4. The fourth-order valence-electron chi connectivity index (χ4n) is 1.38. The second kappa shape index (κ2) is 5.59. The van der Waals surface area contributed by atoms with Crippen LogP contribution in [0.3, 0.4) is 0 Å². The number of nitrogens with one attached hydrogen (secondary N) is 2. The van der Waals surface area contributed by atoms with Gasteiger partial charge in [-0.15, -0.1) is 0 Å². The van der Waals surface area contributed by atoms with Gasteiger partial charge in [0.2, 0.25) is 0 Å². The van der Waals surface area contributed by atoms with Crippen molar-refractivity contribution in [2.75, 3.05) is 0 Å². The third-order valence-electron chi connectivity index (χ3n) is 2.75. The molecule has 0 aromatic carbocycles. The molecule has 0 rings (SSSR count). The molecule has 5 nitrogen and oxygen atoms in total. The minimum atomic E-state index is -0.801. The summed E-state index contributed by atoms with van der Waals surface area (Å²) in [5.74, 6) is 3.39. The number of carbonyl (C=O) groups is 2. The maximum Gasteiger partial charge on any atom is 0.323 e. The first-order chi connectivity index (χ1) is 6.55. The quantitative estimate of drug-likeness (QED) is 0.260. The first-order valence-corrected chi connectivity index (χ1v) is 4.88. The fourth-order valence-corrected chi connectivity index (χ4v) is 1.38. The summed E-state index contributed by atoms with van der Waals surface area (Å²) in [6, 6.07) is 0. The average molecular weight is 201 g/mol. The molecule has 0 fully saturated rings. The van der Waals surface area contributed by atoms with Crippen LogP contribution in [-0.2, 0) is 9.59 Å². The van der Waals surface area contributed by atoms with Crippen LogP contribution in [0.4, 0.5) is 0 Å². The first-order valence-electron chi connectivity index (χ1n) is 4.88. The van der Waals surface area contributed by atoms with E-state index in [9.17, 15) is 9.59 Å². The summed E-state index contributed by atoms with van der Waals surface area (Å²) in [5, 5.41) is 2.70. The Kier molecular flexibility index (Phi) is 5.15. The summed E-state index contributed by atoms with van der Waals surface area (Å²) in [6.45, 7) is 5.94. The molecular weight excluding hydrogens is 182 g/mol. The summed E-state index contributed by atoms with van der Waals surface area (Å²) < 4.78 is 0. The van der Waals surface area contributed by atoms with Crippen LogP contribution in [0.2, 0.25) is 0 Å². The lowest BCUT2D eigenvalue weighted by molar-refractivity contribution is -0.140. The number of carbonyl (C=O) groups excluding carboxylic acids is 2. The predicted molar refractivity (Wildman–Crippen MR) is 54.1 cm³/mol. The predicted octanol–water partition coefficient (Wildman–Crippen LogP) is 0.0613. The van der Waals surface area contributed by atoms with E-state index in [1.807, 2.05) is 26.2 Å². The van der Waals surface area contributed by atoms with Gasteiger partial charge in [-0.2, -0.15) is 0 Å². The van der Waals surface area contributed by atoms with Gasteiger partial charge in [0.1, 0.15) is 0 Å². The molecule has 2 amide bonds. The van der Waals surface area contributed by atoms with Crippen molar-refractivity contribution in [2.24, 2.45) is 5.84 Å².